The summed E-state index contributed by atoms with van der Waals surface area (Å²) in [6, 6.07) is 6.01. The Labute approximate surface area is 102 Å². The predicted octanol–water partition coefficient (Wildman–Crippen LogP) is 1.05. The summed E-state index contributed by atoms with van der Waals surface area (Å²) in [6.07, 6.45) is 0. The van der Waals surface area contributed by atoms with Crippen molar-refractivity contribution in [2.45, 2.75) is 12.1 Å². The zero-order valence-electron chi connectivity index (χ0n) is 8.91. The monoisotopic (exact) mass is 268 g/mol. The van der Waals surface area contributed by atoms with Gasteiger partial charge in [-0.15, -0.1) is 0 Å². The fourth-order valence-electron chi connectivity index (χ4n) is 1.84. The maximum absolute atomic E-state index is 11.5. The summed E-state index contributed by atoms with van der Waals surface area (Å²) in [5.41, 5.74) is 8.81. The van der Waals surface area contributed by atoms with Gasteiger partial charge >= 0.3 is 10.3 Å². The third-order valence-electron chi connectivity index (χ3n) is 2.59. The molecule has 0 unspecified atom stereocenters. The molecule has 2 rings (SSSR count). The van der Waals surface area contributed by atoms with E-state index < -0.39 is 28.3 Å². The number of carbonyl (C=O) groups is 1. The van der Waals surface area contributed by atoms with Crippen molar-refractivity contribution in [3.63, 3.8) is 0 Å². The molecule has 1 aromatic rings. The second kappa shape index (κ2) is 4.30. The van der Waals surface area contributed by atoms with Crippen LogP contribution in [0.4, 0.5) is 0 Å². The van der Waals surface area contributed by atoms with E-state index in [-0.39, 0.29) is 0 Å². The van der Waals surface area contributed by atoms with Crippen LogP contribution in [0.5, 0.6) is 0 Å². The first-order valence-corrected chi connectivity index (χ1v) is 6.26. The lowest BCUT2D eigenvalue weighted by Crippen LogP contribution is -2.59. The van der Waals surface area contributed by atoms with Gasteiger partial charge in [-0.2, -0.15) is 8.42 Å². The molecule has 1 aromatic carbocycles. The summed E-state index contributed by atoms with van der Waals surface area (Å²) in [4.78, 5) is 14.0. The molecule has 0 spiro atoms. The van der Waals surface area contributed by atoms with Crippen molar-refractivity contribution >= 4 is 16.2 Å². The highest BCUT2D eigenvalue weighted by molar-refractivity contribution is 7.84. The number of hydrogen-bond acceptors (Lipinski definition) is 4. The molecule has 2 atom stereocenters. The highest BCUT2D eigenvalue weighted by atomic mass is 32.2. The lowest BCUT2D eigenvalue weighted by molar-refractivity contribution is -0.141. The molecule has 18 heavy (non-hydrogen) atoms. The number of nitrogens with zero attached hydrogens (tertiary/aromatic N) is 4. The molecule has 0 saturated carbocycles. The second-order valence-electron chi connectivity index (χ2n) is 3.62. The molecule has 1 aliphatic rings. The van der Waals surface area contributed by atoms with E-state index >= 15 is 0 Å². The molecule has 1 N–H and O–H groups in total. The third-order valence-corrected chi connectivity index (χ3v) is 3.49. The fourth-order valence-corrected chi connectivity index (χ4v) is 2.70. The number of hydrogen-bond donors (Lipinski definition) is 1. The van der Waals surface area contributed by atoms with E-state index in [1.807, 2.05) is 0 Å². The quantitative estimate of drug-likeness (QED) is 0.289. The van der Waals surface area contributed by atoms with Gasteiger partial charge < -0.3 is 0 Å². The average Bonchev–Trinajstić information content (AvgIpc) is 2.32. The minimum Gasteiger partial charge on any atom is -0.273 e. The van der Waals surface area contributed by atoms with Gasteiger partial charge in [0.15, 0.2) is 0 Å². The smallest absolute Gasteiger partial charge is 0.273 e. The van der Waals surface area contributed by atoms with E-state index in [0.29, 0.717) is 9.87 Å². The van der Waals surface area contributed by atoms with Gasteiger partial charge in [-0.1, -0.05) is 35.4 Å². The highest BCUT2D eigenvalue weighted by Gasteiger charge is 2.53. The first-order chi connectivity index (χ1) is 8.46. The van der Waals surface area contributed by atoms with Crippen LogP contribution in [-0.4, -0.2) is 29.2 Å². The van der Waals surface area contributed by atoms with Gasteiger partial charge in [-0.05, 0) is 11.1 Å². The molecule has 9 heteroatoms. The highest BCUT2D eigenvalue weighted by Crippen LogP contribution is 2.38. The van der Waals surface area contributed by atoms with Crippen molar-refractivity contribution in [2.75, 3.05) is 0 Å². The summed E-state index contributed by atoms with van der Waals surface area (Å²) < 4.78 is 31.4. The Balaban J connectivity index is 2.46. The number of β-lactam (4-membered cyclic amide) rings is 1. The van der Waals surface area contributed by atoms with Gasteiger partial charge in [-0.25, -0.2) is 4.31 Å². The molecule has 94 valence electrons. The molecular formula is C9H8N4O4S. The van der Waals surface area contributed by atoms with Crippen molar-refractivity contribution < 1.29 is 17.8 Å². The molecule has 0 aromatic heterocycles. The summed E-state index contributed by atoms with van der Waals surface area (Å²) in [5, 5.41) is 3.25. The first kappa shape index (κ1) is 12.4. The van der Waals surface area contributed by atoms with Crippen LogP contribution in [-0.2, 0) is 15.1 Å². The van der Waals surface area contributed by atoms with Crippen molar-refractivity contribution in [3.8, 4) is 0 Å². The SMILES string of the molecule is [N-]=[N+]=N[C@H]1C(=O)N(S(=O)(=O)O)[C@@H]1c1ccccc1. The minimum absolute atomic E-state index is 0.307. The zero-order valence-corrected chi connectivity index (χ0v) is 9.73. The Hall–Kier alpha value is -2.09. The molecular weight excluding hydrogens is 260 g/mol. The van der Waals surface area contributed by atoms with Gasteiger partial charge in [0.1, 0.15) is 6.04 Å². The minimum atomic E-state index is -4.66. The molecule has 1 fully saturated rings. The number of azide groups is 1. The number of carbonyl (C=O) groups excluding carboxylic acids is 1. The van der Waals surface area contributed by atoms with E-state index in [0.717, 1.165) is 0 Å². The molecule has 1 amide bonds. The van der Waals surface area contributed by atoms with E-state index in [1.54, 1.807) is 30.3 Å². The van der Waals surface area contributed by atoms with Crippen LogP contribution in [0.3, 0.4) is 0 Å². The molecule has 0 radical (unpaired) electrons. The Morgan fingerprint density at radius 1 is 1.33 bits per heavy atom. The Kier molecular flexibility index (Phi) is 2.95. The number of rotatable bonds is 3. The fraction of sp³-hybridized carbons (Fsp3) is 0.222. The predicted molar refractivity (Wildman–Crippen MR) is 60.5 cm³/mol. The van der Waals surface area contributed by atoms with Crippen molar-refractivity contribution in [2.24, 2.45) is 5.11 Å². The molecule has 0 aliphatic carbocycles. The topological polar surface area (TPSA) is 123 Å². The van der Waals surface area contributed by atoms with Gasteiger partial charge in [0.05, 0.1) is 6.04 Å². The Morgan fingerprint density at radius 2 is 1.94 bits per heavy atom. The first-order valence-electron chi connectivity index (χ1n) is 4.86. The zero-order chi connectivity index (χ0) is 13.3. The van der Waals surface area contributed by atoms with E-state index in [9.17, 15) is 13.2 Å². The van der Waals surface area contributed by atoms with Crippen LogP contribution in [0.2, 0.25) is 0 Å². The van der Waals surface area contributed by atoms with Crippen LogP contribution in [0.25, 0.3) is 10.4 Å². The second-order valence-corrected chi connectivity index (χ2v) is 4.91. The van der Waals surface area contributed by atoms with E-state index in [2.05, 4.69) is 10.0 Å². The number of amides is 1. The maximum Gasteiger partial charge on any atom is 0.362 e. The van der Waals surface area contributed by atoms with Gasteiger partial charge in [0.2, 0.25) is 5.91 Å². The molecule has 8 nitrogen and oxygen atoms in total. The largest absolute Gasteiger partial charge is 0.362 e. The lowest BCUT2D eigenvalue weighted by atomic mass is 9.92. The van der Waals surface area contributed by atoms with Crippen molar-refractivity contribution in [1.29, 1.82) is 0 Å². The third kappa shape index (κ3) is 1.90. The van der Waals surface area contributed by atoms with Crippen molar-refractivity contribution in [1.82, 2.24) is 4.31 Å². The van der Waals surface area contributed by atoms with Crippen LogP contribution in [0, 0.1) is 0 Å². The molecule has 1 saturated heterocycles. The van der Waals surface area contributed by atoms with Gasteiger partial charge in [0.25, 0.3) is 0 Å². The number of benzene rings is 1. The molecule has 1 heterocycles. The lowest BCUT2D eigenvalue weighted by Gasteiger charge is -2.42. The van der Waals surface area contributed by atoms with E-state index in [4.69, 9.17) is 10.1 Å². The van der Waals surface area contributed by atoms with Gasteiger partial charge in [0, 0.05) is 4.91 Å². The van der Waals surface area contributed by atoms with Crippen LogP contribution in [0.15, 0.2) is 35.4 Å². The summed E-state index contributed by atoms with van der Waals surface area (Å²) >= 11 is 0. The standard InChI is InChI=1S/C9H8N4O4S/c10-12-11-7-8(6-4-2-1-3-5-6)13(9(7)14)18(15,16)17/h1-5,7-8H,(H,15,16,17)/t7-,8-/m1/s1. The van der Waals surface area contributed by atoms with Crippen molar-refractivity contribution in [3.05, 3.63) is 46.3 Å². The average molecular weight is 268 g/mol. The summed E-state index contributed by atoms with van der Waals surface area (Å²) in [7, 11) is -4.66. The molecule has 1 aliphatic heterocycles. The van der Waals surface area contributed by atoms with Gasteiger partial charge in [-0.3, -0.25) is 9.35 Å². The summed E-state index contributed by atoms with van der Waals surface area (Å²) in [5.74, 6) is -0.941. The van der Waals surface area contributed by atoms with Crippen LogP contribution < -0.4 is 0 Å². The van der Waals surface area contributed by atoms with Crippen LogP contribution in [0.1, 0.15) is 11.6 Å². The summed E-state index contributed by atoms with van der Waals surface area (Å²) in [6.45, 7) is 0. The maximum atomic E-state index is 11.5. The Bertz CT molecular complexity index is 623. The van der Waals surface area contributed by atoms with Crippen LogP contribution >= 0.6 is 0 Å². The van der Waals surface area contributed by atoms with E-state index in [1.165, 1.54) is 0 Å². The molecule has 0 bridgehead atoms. The Morgan fingerprint density at radius 3 is 2.44 bits per heavy atom. The normalized spacial score (nSPS) is 23.2.